The second kappa shape index (κ2) is 10.3. The van der Waals surface area contributed by atoms with Crippen molar-refractivity contribution in [1.82, 2.24) is 9.21 Å². The standard InChI is InChI=1S/C23H31N3O6S2/c1-5-22(32-20-10-8-19(9-11-20)24(3)33(4,28)29)23(27)25-14-16-26(17-15-25)34(30,31)21-12-6-18(2)7-13-21/h6-13,22H,5,14-17H2,1-4H3/t22-/m0/s1. The second-order valence-electron chi connectivity index (χ2n) is 8.28. The van der Waals surface area contributed by atoms with Crippen molar-refractivity contribution < 1.29 is 26.4 Å². The lowest BCUT2D eigenvalue weighted by molar-refractivity contribution is -0.140. The highest BCUT2D eigenvalue weighted by atomic mass is 32.2. The predicted octanol–water partition coefficient (Wildman–Crippen LogP) is 2.08. The van der Waals surface area contributed by atoms with E-state index in [0.717, 1.165) is 16.1 Å². The molecule has 0 aliphatic carbocycles. The smallest absolute Gasteiger partial charge is 0.263 e. The van der Waals surface area contributed by atoms with E-state index in [1.165, 1.54) is 11.4 Å². The Balaban J connectivity index is 1.61. The highest BCUT2D eigenvalue weighted by Gasteiger charge is 2.32. The van der Waals surface area contributed by atoms with Crippen LogP contribution in [0.5, 0.6) is 5.75 Å². The molecule has 1 fully saturated rings. The van der Waals surface area contributed by atoms with Crippen LogP contribution in [0.1, 0.15) is 18.9 Å². The molecular formula is C23H31N3O6S2. The van der Waals surface area contributed by atoms with Gasteiger partial charge in [0.25, 0.3) is 5.91 Å². The number of aryl methyl sites for hydroxylation is 1. The fraction of sp³-hybridized carbons (Fsp3) is 0.435. The van der Waals surface area contributed by atoms with E-state index < -0.39 is 26.2 Å². The molecule has 1 aliphatic rings. The average molecular weight is 510 g/mol. The van der Waals surface area contributed by atoms with Crippen LogP contribution in [0.2, 0.25) is 0 Å². The Labute approximate surface area is 202 Å². The van der Waals surface area contributed by atoms with Gasteiger partial charge in [-0.2, -0.15) is 4.31 Å². The SMILES string of the molecule is CC[C@H](Oc1ccc(N(C)S(C)(=O)=O)cc1)C(=O)N1CCN(S(=O)(=O)c2ccc(C)cc2)CC1. The molecule has 0 N–H and O–H groups in total. The van der Waals surface area contributed by atoms with E-state index in [9.17, 15) is 21.6 Å². The largest absolute Gasteiger partial charge is 0.481 e. The quantitative estimate of drug-likeness (QED) is 0.540. The number of benzene rings is 2. The summed E-state index contributed by atoms with van der Waals surface area (Å²) in [6.07, 6.45) is 0.833. The Bertz CT molecular complexity index is 1200. The Morgan fingerprint density at radius 1 is 0.971 bits per heavy atom. The van der Waals surface area contributed by atoms with E-state index in [4.69, 9.17) is 4.74 Å². The van der Waals surface area contributed by atoms with Crippen LogP contribution < -0.4 is 9.04 Å². The van der Waals surface area contributed by atoms with Crippen LogP contribution in [-0.4, -0.2) is 77.5 Å². The van der Waals surface area contributed by atoms with E-state index in [0.29, 0.717) is 17.9 Å². The van der Waals surface area contributed by atoms with Crippen molar-refractivity contribution in [2.45, 2.75) is 31.3 Å². The number of nitrogens with zero attached hydrogens (tertiary/aromatic N) is 3. The van der Waals surface area contributed by atoms with Crippen molar-refractivity contribution in [3.05, 3.63) is 54.1 Å². The molecule has 9 nitrogen and oxygen atoms in total. The minimum atomic E-state index is -3.61. The maximum Gasteiger partial charge on any atom is 0.263 e. The molecule has 1 amide bonds. The van der Waals surface area contributed by atoms with Crippen molar-refractivity contribution in [3.63, 3.8) is 0 Å². The molecule has 34 heavy (non-hydrogen) atoms. The number of rotatable bonds is 8. The van der Waals surface area contributed by atoms with Gasteiger partial charge in [-0.25, -0.2) is 16.8 Å². The van der Waals surface area contributed by atoms with Crippen LogP contribution in [0.25, 0.3) is 0 Å². The maximum atomic E-state index is 13.0. The summed E-state index contributed by atoms with van der Waals surface area (Å²) in [5.74, 6) is 0.249. The third kappa shape index (κ3) is 5.89. The van der Waals surface area contributed by atoms with Crippen molar-refractivity contribution in [3.8, 4) is 5.75 Å². The Morgan fingerprint density at radius 2 is 1.53 bits per heavy atom. The van der Waals surface area contributed by atoms with Crippen LogP contribution in [-0.2, 0) is 24.8 Å². The van der Waals surface area contributed by atoms with Crippen LogP contribution >= 0.6 is 0 Å². The summed E-state index contributed by atoms with van der Waals surface area (Å²) in [6.45, 7) is 4.72. The minimum absolute atomic E-state index is 0.202. The summed E-state index contributed by atoms with van der Waals surface area (Å²) < 4.78 is 57.6. The Morgan fingerprint density at radius 3 is 2.03 bits per heavy atom. The minimum Gasteiger partial charge on any atom is -0.481 e. The number of carbonyl (C=O) groups excluding carboxylic acids is 1. The highest BCUT2D eigenvalue weighted by molar-refractivity contribution is 7.92. The number of piperazine rings is 1. The Kier molecular flexibility index (Phi) is 7.89. The first-order valence-electron chi connectivity index (χ1n) is 11.0. The fourth-order valence-corrected chi connectivity index (χ4v) is 5.54. The summed E-state index contributed by atoms with van der Waals surface area (Å²) in [5, 5.41) is 0. The molecule has 11 heteroatoms. The fourth-order valence-electron chi connectivity index (χ4n) is 3.61. The molecule has 1 atom stereocenters. The molecule has 186 valence electrons. The molecule has 0 unspecified atom stereocenters. The lowest BCUT2D eigenvalue weighted by Crippen LogP contribution is -2.53. The number of hydrogen-bond donors (Lipinski definition) is 0. The van der Waals surface area contributed by atoms with E-state index >= 15 is 0 Å². The summed E-state index contributed by atoms with van der Waals surface area (Å²) in [6, 6.07) is 13.2. The van der Waals surface area contributed by atoms with Gasteiger partial charge in [0.2, 0.25) is 20.0 Å². The normalized spacial score (nSPS) is 16.2. The molecule has 1 saturated heterocycles. The third-order valence-electron chi connectivity index (χ3n) is 5.83. The molecule has 2 aromatic rings. The van der Waals surface area contributed by atoms with Crippen molar-refractivity contribution in [2.24, 2.45) is 0 Å². The van der Waals surface area contributed by atoms with Gasteiger partial charge in [-0.05, 0) is 49.7 Å². The first-order chi connectivity index (χ1) is 15.9. The van der Waals surface area contributed by atoms with Crippen molar-refractivity contribution >= 4 is 31.6 Å². The van der Waals surface area contributed by atoms with Gasteiger partial charge in [0.15, 0.2) is 6.10 Å². The van der Waals surface area contributed by atoms with Gasteiger partial charge < -0.3 is 9.64 Å². The van der Waals surface area contributed by atoms with Gasteiger partial charge in [0, 0.05) is 33.2 Å². The lowest BCUT2D eigenvalue weighted by atomic mass is 10.2. The van der Waals surface area contributed by atoms with Crippen LogP contribution in [0.15, 0.2) is 53.4 Å². The van der Waals surface area contributed by atoms with Gasteiger partial charge >= 0.3 is 0 Å². The first-order valence-corrected chi connectivity index (χ1v) is 14.3. The van der Waals surface area contributed by atoms with Crippen molar-refractivity contribution in [1.29, 1.82) is 0 Å². The highest BCUT2D eigenvalue weighted by Crippen LogP contribution is 2.23. The third-order valence-corrected chi connectivity index (χ3v) is 8.95. The zero-order valence-electron chi connectivity index (χ0n) is 19.8. The monoisotopic (exact) mass is 509 g/mol. The van der Waals surface area contributed by atoms with Gasteiger partial charge in [-0.3, -0.25) is 9.10 Å². The number of ether oxygens (including phenoxy) is 1. The summed E-state index contributed by atoms with van der Waals surface area (Å²) in [4.78, 5) is 14.9. The predicted molar refractivity (Wildman–Crippen MR) is 131 cm³/mol. The van der Waals surface area contributed by atoms with Crippen LogP contribution in [0.4, 0.5) is 5.69 Å². The summed E-state index contributed by atoms with van der Waals surface area (Å²) >= 11 is 0. The number of sulfonamides is 2. The van der Waals surface area contributed by atoms with Crippen LogP contribution in [0, 0.1) is 6.92 Å². The van der Waals surface area contributed by atoms with Crippen LogP contribution in [0.3, 0.4) is 0 Å². The first kappa shape index (κ1) is 26.0. The second-order valence-corrected chi connectivity index (χ2v) is 12.2. The zero-order valence-corrected chi connectivity index (χ0v) is 21.5. The number of amides is 1. The average Bonchev–Trinajstić information content (AvgIpc) is 2.82. The molecule has 0 spiro atoms. The molecule has 0 saturated carbocycles. The van der Waals surface area contributed by atoms with Gasteiger partial charge in [-0.1, -0.05) is 24.6 Å². The van der Waals surface area contributed by atoms with E-state index in [-0.39, 0.29) is 37.0 Å². The van der Waals surface area contributed by atoms with E-state index in [2.05, 4.69) is 0 Å². The van der Waals surface area contributed by atoms with E-state index in [1.807, 2.05) is 13.8 Å². The maximum absolute atomic E-state index is 13.0. The number of carbonyl (C=O) groups is 1. The Hall–Kier alpha value is -2.63. The lowest BCUT2D eigenvalue weighted by Gasteiger charge is -2.35. The molecular weight excluding hydrogens is 478 g/mol. The number of hydrogen-bond acceptors (Lipinski definition) is 6. The molecule has 0 radical (unpaired) electrons. The van der Waals surface area contributed by atoms with E-state index in [1.54, 1.807) is 53.4 Å². The number of anilines is 1. The topological polar surface area (TPSA) is 104 Å². The van der Waals surface area contributed by atoms with Gasteiger partial charge in [0.1, 0.15) is 5.75 Å². The molecule has 1 heterocycles. The summed E-state index contributed by atoms with van der Waals surface area (Å²) in [7, 11) is -5.52. The zero-order chi connectivity index (χ0) is 25.1. The van der Waals surface area contributed by atoms with Gasteiger partial charge in [-0.15, -0.1) is 0 Å². The molecule has 0 bridgehead atoms. The molecule has 0 aromatic heterocycles. The van der Waals surface area contributed by atoms with Crippen molar-refractivity contribution in [2.75, 3.05) is 43.8 Å². The van der Waals surface area contributed by atoms with Gasteiger partial charge in [0.05, 0.1) is 16.8 Å². The summed E-state index contributed by atoms with van der Waals surface area (Å²) in [5.41, 5.74) is 1.47. The molecule has 2 aromatic carbocycles. The molecule has 3 rings (SSSR count). The molecule has 1 aliphatic heterocycles.